The van der Waals surface area contributed by atoms with Crippen molar-refractivity contribution >= 4 is 40.2 Å². The topological polar surface area (TPSA) is 149 Å². The molecule has 0 radical (unpaired) electrons. The summed E-state index contributed by atoms with van der Waals surface area (Å²) in [4.78, 5) is 31.4. The molecule has 0 unspecified atom stereocenters. The standard InChI is InChI=1S/C47H40Cl2FN5O8/c1-5-18-59-23-33-24-60-32-14-15-37(61-22-31-16-17-51-45(54-31)34-8-6-7-9-38(34)58-4)29(19-32)20-39(47(56)57)63-46-43-35(52-25-53-46)21-36(28-10-12-30(50)13-11-28)55(43)42-26(2)40(48)44(62-33)41(49)27(42)3/h5-17,19,21,25,33,39H,1,18,20,22-24H2,2-4H3,(H,56,57)/t33-,39-/m1/s1. The Kier molecular flexibility index (Phi) is 12.7. The molecule has 4 aromatic carbocycles. The molecule has 2 atom stereocenters. The maximum Gasteiger partial charge on any atom is 0.345 e. The van der Waals surface area contributed by atoms with E-state index in [-0.39, 0.29) is 54.5 Å². The Morgan fingerprint density at radius 1 is 0.984 bits per heavy atom. The normalized spacial score (nSPS) is 14.9. The molecule has 0 saturated heterocycles. The van der Waals surface area contributed by atoms with E-state index in [9.17, 15) is 14.3 Å². The first-order chi connectivity index (χ1) is 30.5. The van der Waals surface area contributed by atoms with E-state index < -0.39 is 24.0 Å². The molecule has 0 amide bonds. The number of carboxylic acids is 1. The van der Waals surface area contributed by atoms with Gasteiger partial charge >= 0.3 is 5.97 Å². The average Bonchev–Trinajstić information content (AvgIpc) is 3.68. The van der Waals surface area contributed by atoms with Gasteiger partial charge in [-0.3, -0.25) is 0 Å². The third-order valence-corrected chi connectivity index (χ3v) is 11.3. The van der Waals surface area contributed by atoms with Gasteiger partial charge in [0.1, 0.15) is 48.1 Å². The van der Waals surface area contributed by atoms with Crippen LogP contribution in [-0.2, 0) is 22.6 Å². The third-order valence-electron chi connectivity index (χ3n) is 10.3. The van der Waals surface area contributed by atoms with E-state index in [0.717, 1.165) is 0 Å². The van der Waals surface area contributed by atoms with Gasteiger partial charge in [0.15, 0.2) is 17.7 Å². The molecule has 4 bridgehead atoms. The van der Waals surface area contributed by atoms with Crippen LogP contribution >= 0.6 is 23.2 Å². The minimum Gasteiger partial charge on any atom is -0.496 e. The zero-order valence-electron chi connectivity index (χ0n) is 34.3. The fourth-order valence-corrected chi connectivity index (χ4v) is 7.83. The highest BCUT2D eigenvalue weighted by Gasteiger charge is 2.30. The molecule has 5 heterocycles. The molecule has 322 valence electrons. The van der Waals surface area contributed by atoms with Crippen LogP contribution in [0.4, 0.5) is 4.39 Å². The third kappa shape index (κ3) is 8.96. The average molecular weight is 893 g/mol. The molecular formula is C47H40Cl2FN5O8. The second kappa shape index (κ2) is 18.7. The lowest BCUT2D eigenvalue weighted by Gasteiger charge is -2.25. The van der Waals surface area contributed by atoms with Crippen molar-refractivity contribution in [2.45, 2.75) is 39.1 Å². The lowest BCUT2D eigenvalue weighted by atomic mass is 10.1. The van der Waals surface area contributed by atoms with Crippen molar-refractivity contribution in [1.82, 2.24) is 24.5 Å². The lowest BCUT2D eigenvalue weighted by molar-refractivity contribution is -0.145. The van der Waals surface area contributed by atoms with Crippen LogP contribution in [0.2, 0.25) is 10.0 Å². The molecular weight excluding hydrogens is 852 g/mol. The summed E-state index contributed by atoms with van der Waals surface area (Å²) in [6.45, 7) is 7.67. The number of ether oxygens (including phenoxy) is 6. The van der Waals surface area contributed by atoms with E-state index in [1.54, 1.807) is 80.3 Å². The van der Waals surface area contributed by atoms with Crippen LogP contribution in [0, 0.1) is 19.7 Å². The Balaban J connectivity index is 1.26. The van der Waals surface area contributed by atoms with Gasteiger partial charge in [0.2, 0.25) is 12.0 Å². The van der Waals surface area contributed by atoms with Gasteiger partial charge in [0.25, 0.3) is 0 Å². The first-order valence-corrected chi connectivity index (χ1v) is 20.5. The molecule has 63 heavy (non-hydrogen) atoms. The maximum atomic E-state index is 14.3. The summed E-state index contributed by atoms with van der Waals surface area (Å²) in [7, 11) is 1.58. The summed E-state index contributed by atoms with van der Waals surface area (Å²) >= 11 is 14.3. The first-order valence-electron chi connectivity index (χ1n) is 19.7. The van der Waals surface area contributed by atoms with Crippen molar-refractivity contribution in [3.05, 3.63) is 142 Å². The summed E-state index contributed by atoms with van der Waals surface area (Å²) in [5.41, 5.74) is 5.24. The highest BCUT2D eigenvalue weighted by atomic mass is 35.5. The highest BCUT2D eigenvalue weighted by molar-refractivity contribution is 6.38. The number of rotatable bonds is 11. The van der Waals surface area contributed by atoms with Gasteiger partial charge in [-0.15, -0.1) is 6.58 Å². The van der Waals surface area contributed by atoms with Crippen molar-refractivity contribution in [2.24, 2.45) is 0 Å². The van der Waals surface area contributed by atoms with Crippen LogP contribution in [0.15, 0.2) is 104 Å². The Labute approximate surface area is 371 Å². The molecule has 2 aliphatic heterocycles. The minimum atomic E-state index is -1.51. The van der Waals surface area contributed by atoms with Gasteiger partial charge in [-0.1, -0.05) is 41.4 Å². The van der Waals surface area contributed by atoms with Crippen molar-refractivity contribution in [3.8, 4) is 57.2 Å². The second-order valence-electron chi connectivity index (χ2n) is 14.5. The quantitative estimate of drug-likeness (QED) is 0.0974. The number of aromatic nitrogens is 5. The van der Waals surface area contributed by atoms with E-state index in [1.807, 2.05) is 24.3 Å². The lowest BCUT2D eigenvalue weighted by Crippen LogP contribution is -2.31. The largest absolute Gasteiger partial charge is 0.496 e. The molecule has 3 aromatic heterocycles. The van der Waals surface area contributed by atoms with Crippen LogP contribution in [0.1, 0.15) is 22.4 Å². The Bertz CT molecular complexity index is 2810. The van der Waals surface area contributed by atoms with Crippen molar-refractivity contribution in [2.75, 3.05) is 26.9 Å². The minimum absolute atomic E-state index is 0.0106. The summed E-state index contributed by atoms with van der Waals surface area (Å²) in [5.74, 6) is 0.253. The van der Waals surface area contributed by atoms with Crippen LogP contribution in [0.3, 0.4) is 0 Å². The number of hydrogen-bond donors (Lipinski definition) is 1. The number of hydrogen-bond acceptors (Lipinski definition) is 11. The van der Waals surface area contributed by atoms with Gasteiger partial charge in [-0.25, -0.2) is 24.1 Å². The molecule has 2 aliphatic rings. The number of aliphatic carboxylic acids is 1. The number of fused-ring (bicyclic) bond motifs is 7. The smallest absolute Gasteiger partial charge is 0.345 e. The van der Waals surface area contributed by atoms with Crippen molar-refractivity contribution in [1.29, 1.82) is 0 Å². The summed E-state index contributed by atoms with van der Waals surface area (Å²) in [5, 5.41) is 11.2. The number of halogens is 3. The van der Waals surface area contributed by atoms with Gasteiger partial charge < -0.3 is 38.1 Å². The molecule has 9 rings (SSSR count). The predicted molar refractivity (Wildman–Crippen MR) is 235 cm³/mol. The van der Waals surface area contributed by atoms with E-state index in [1.165, 1.54) is 18.5 Å². The molecule has 13 nitrogen and oxygen atoms in total. The number of nitrogens with zero attached hydrogens (tertiary/aromatic N) is 5. The molecule has 7 aromatic rings. The number of methoxy groups -OCH3 is 1. The highest BCUT2D eigenvalue weighted by Crippen LogP contribution is 2.46. The van der Waals surface area contributed by atoms with Crippen LogP contribution in [0.5, 0.6) is 28.9 Å². The fraction of sp³-hybridized carbons (Fsp3) is 0.213. The maximum absolute atomic E-state index is 14.3. The van der Waals surface area contributed by atoms with Crippen molar-refractivity contribution < 1.29 is 42.7 Å². The van der Waals surface area contributed by atoms with Gasteiger partial charge in [0, 0.05) is 18.2 Å². The number of carbonyl (C=O) groups is 1. The first kappa shape index (κ1) is 42.9. The van der Waals surface area contributed by atoms with E-state index >= 15 is 0 Å². The van der Waals surface area contributed by atoms with Crippen LogP contribution < -0.4 is 23.7 Å². The summed E-state index contributed by atoms with van der Waals surface area (Å²) in [6, 6.07) is 21.9. The number of carboxylic acid groups (broad SMARTS) is 1. The molecule has 0 fully saturated rings. The number of benzene rings is 4. The zero-order chi connectivity index (χ0) is 44.2. The zero-order valence-corrected chi connectivity index (χ0v) is 35.8. The molecule has 0 aliphatic carbocycles. The van der Waals surface area contributed by atoms with E-state index in [2.05, 4.69) is 21.5 Å². The number of para-hydroxylation sites is 1. The Hall–Kier alpha value is -6.74. The van der Waals surface area contributed by atoms with Gasteiger partial charge in [-0.2, -0.15) is 4.98 Å². The summed E-state index contributed by atoms with van der Waals surface area (Å²) in [6.07, 6.45) is 2.10. The molecule has 0 saturated carbocycles. The fourth-order valence-electron chi connectivity index (χ4n) is 7.32. The van der Waals surface area contributed by atoms with Gasteiger partial charge in [-0.05, 0) is 97.3 Å². The monoisotopic (exact) mass is 891 g/mol. The second-order valence-corrected chi connectivity index (χ2v) is 15.3. The summed E-state index contributed by atoms with van der Waals surface area (Å²) < 4.78 is 53.0. The Morgan fingerprint density at radius 3 is 2.51 bits per heavy atom. The Morgan fingerprint density at radius 2 is 1.76 bits per heavy atom. The SMILES string of the molecule is C=CCOC[C@@H]1COc2ccc(OCc3ccnc(-c4ccccc4OC)n3)c(c2)C[C@H](C(=O)O)Oc2ncnc3cc(-c4ccc(F)cc4)n(c23)-c2c(C)c(Cl)c(c(Cl)c2C)O1. The molecule has 1 N–H and O–H groups in total. The molecule has 16 heteroatoms. The van der Waals surface area contributed by atoms with Crippen LogP contribution in [-0.4, -0.2) is 74.7 Å². The van der Waals surface area contributed by atoms with Crippen molar-refractivity contribution in [3.63, 3.8) is 0 Å². The van der Waals surface area contributed by atoms with E-state index in [0.29, 0.717) is 79.0 Å². The van der Waals surface area contributed by atoms with E-state index in [4.69, 9.17) is 56.6 Å². The molecule has 0 spiro atoms. The van der Waals surface area contributed by atoms with Crippen LogP contribution in [0.25, 0.3) is 39.4 Å². The van der Waals surface area contributed by atoms with Gasteiger partial charge in [0.05, 0.1) is 58.5 Å². The predicted octanol–water partition coefficient (Wildman–Crippen LogP) is 9.61.